The average molecular weight is 223 g/mol. The molecule has 0 aliphatic heterocycles. The fourth-order valence-corrected chi connectivity index (χ4v) is 1.76. The first kappa shape index (κ1) is 10.2. The number of aromatic amines is 1. The first-order chi connectivity index (χ1) is 7.06. The Morgan fingerprint density at radius 3 is 2.73 bits per heavy atom. The lowest BCUT2D eigenvalue weighted by Crippen LogP contribution is -1.70. The molecule has 0 bridgehead atoms. The van der Waals surface area contributed by atoms with Gasteiger partial charge in [0.05, 0.1) is 0 Å². The van der Waals surface area contributed by atoms with Gasteiger partial charge in [-0.25, -0.2) is 0 Å². The van der Waals surface area contributed by atoms with E-state index in [0.717, 1.165) is 22.3 Å². The summed E-state index contributed by atoms with van der Waals surface area (Å²) < 4.78 is 10.7. The van der Waals surface area contributed by atoms with Crippen LogP contribution in [0.4, 0.5) is 0 Å². The summed E-state index contributed by atoms with van der Waals surface area (Å²) in [6.45, 7) is 0. The Balaban J connectivity index is 2.45. The molecule has 15 heavy (non-hydrogen) atoms. The molecule has 0 aliphatic rings. The third kappa shape index (κ3) is 2.36. The van der Waals surface area contributed by atoms with Crippen LogP contribution in [-0.4, -0.2) is 14.8 Å². The van der Waals surface area contributed by atoms with E-state index in [4.69, 9.17) is 9.79 Å². The standard InChI is InChI=1S/C10H10NO3P/c12-15(13,14)6-5-8-7-11-10-4-2-1-3-9(8)10/h1-7,11H,(H2,12,13,14). The maximum Gasteiger partial charge on any atom is 0.349 e. The van der Waals surface area contributed by atoms with Crippen LogP contribution in [0.25, 0.3) is 17.0 Å². The monoisotopic (exact) mass is 223 g/mol. The van der Waals surface area contributed by atoms with E-state index < -0.39 is 7.60 Å². The van der Waals surface area contributed by atoms with Crippen molar-refractivity contribution in [1.29, 1.82) is 0 Å². The van der Waals surface area contributed by atoms with Crippen molar-refractivity contribution in [3.8, 4) is 0 Å². The summed E-state index contributed by atoms with van der Waals surface area (Å²) in [5.74, 6) is 0.905. The molecular formula is C10H10NO3P. The first-order valence-corrected chi connectivity index (χ1v) is 6.05. The highest BCUT2D eigenvalue weighted by atomic mass is 31.2. The van der Waals surface area contributed by atoms with E-state index in [1.807, 2.05) is 24.3 Å². The lowest BCUT2D eigenvalue weighted by Gasteiger charge is -1.94. The Kier molecular flexibility index (Phi) is 2.49. The molecule has 0 amide bonds. The summed E-state index contributed by atoms with van der Waals surface area (Å²) >= 11 is 0. The molecule has 0 atom stereocenters. The molecule has 4 nitrogen and oxygen atoms in total. The SMILES string of the molecule is O=P(O)(O)C=Cc1c[nH]c2ccccc12. The highest BCUT2D eigenvalue weighted by Crippen LogP contribution is 2.37. The van der Waals surface area contributed by atoms with E-state index in [2.05, 4.69) is 4.98 Å². The highest BCUT2D eigenvalue weighted by molar-refractivity contribution is 7.55. The van der Waals surface area contributed by atoms with Gasteiger partial charge in [-0.2, -0.15) is 0 Å². The van der Waals surface area contributed by atoms with E-state index in [1.165, 1.54) is 6.08 Å². The van der Waals surface area contributed by atoms with Gasteiger partial charge >= 0.3 is 7.60 Å². The second-order valence-electron chi connectivity index (χ2n) is 3.19. The van der Waals surface area contributed by atoms with Gasteiger partial charge in [-0.15, -0.1) is 0 Å². The van der Waals surface area contributed by atoms with E-state index in [-0.39, 0.29) is 0 Å². The summed E-state index contributed by atoms with van der Waals surface area (Å²) in [5, 5.41) is 0.946. The molecular weight excluding hydrogens is 213 g/mol. The van der Waals surface area contributed by atoms with Crippen LogP contribution < -0.4 is 0 Å². The molecule has 5 heteroatoms. The molecule has 1 aromatic heterocycles. The van der Waals surface area contributed by atoms with Gasteiger partial charge in [0.1, 0.15) is 0 Å². The van der Waals surface area contributed by atoms with Crippen molar-refractivity contribution in [1.82, 2.24) is 4.98 Å². The second kappa shape index (κ2) is 3.66. The van der Waals surface area contributed by atoms with Crippen molar-refractivity contribution >= 4 is 24.6 Å². The van der Waals surface area contributed by atoms with Gasteiger partial charge in [0, 0.05) is 28.5 Å². The van der Waals surface area contributed by atoms with Gasteiger partial charge < -0.3 is 14.8 Å². The number of fused-ring (bicyclic) bond motifs is 1. The zero-order valence-corrected chi connectivity index (χ0v) is 8.69. The van der Waals surface area contributed by atoms with Gasteiger partial charge in [-0.05, 0) is 12.1 Å². The zero-order valence-electron chi connectivity index (χ0n) is 7.79. The topological polar surface area (TPSA) is 73.3 Å². The van der Waals surface area contributed by atoms with Crippen LogP contribution in [-0.2, 0) is 4.57 Å². The summed E-state index contributed by atoms with van der Waals surface area (Å²) in [6, 6.07) is 7.58. The molecule has 2 aromatic rings. The molecule has 2 rings (SSSR count). The number of hydrogen-bond acceptors (Lipinski definition) is 1. The van der Waals surface area contributed by atoms with Gasteiger partial charge in [0.15, 0.2) is 0 Å². The molecule has 1 aromatic carbocycles. The molecule has 0 radical (unpaired) electrons. The fourth-order valence-electron chi connectivity index (χ4n) is 1.41. The quantitative estimate of drug-likeness (QED) is 0.684. The summed E-state index contributed by atoms with van der Waals surface area (Å²) in [4.78, 5) is 20.4. The van der Waals surface area contributed by atoms with Crippen molar-refractivity contribution in [2.45, 2.75) is 0 Å². The molecule has 0 aliphatic carbocycles. The number of aromatic nitrogens is 1. The molecule has 1 heterocycles. The predicted molar refractivity (Wildman–Crippen MR) is 59.4 cm³/mol. The Morgan fingerprint density at radius 1 is 1.27 bits per heavy atom. The van der Waals surface area contributed by atoms with Gasteiger partial charge in [0.2, 0.25) is 0 Å². The lowest BCUT2D eigenvalue weighted by molar-refractivity contribution is 0.386. The minimum absolute atomic E-state index is 0.772. The molecule has 3 N–H and O–H groups in total. The maximum absolute atomic E-state index is 10.7. The smallest absolute Gasteiger partial charge is 0.349 e. The van der Waals surface area contributed by atoms with Crippen LogP contribution in [0.2, 0.25) is 0 Å². The van der Waals surface area contributed by atoms with Crippen molar-refractivity contribution in [3.05, 3.63) is 41.8 Å². The van der Waals surface area contributed by atoms with E-state index in [1.54, 1.807) is 6.20 Å². The van der Waals surface area contributed by atoms with Crippen LogP contribution >= 0.6 is 7.60 Å². The minimum atomic E-state index is -4.08. The Hall–Kier alpha value is -1.35. The summed E-state index contributed by atoms with van der Waals surface area (Å²) in [7, 11) is -4.08. The van der Waals surface area contributed by atoms with Crippen LogP contribution in [0.5, 0.6) is 0 Å². The lowest BCUT2D eigenvalue weighted by atomic mass is 10.2. The predicted octanol–water partition coefficient (Wildman–Crippen LogP) is 2.32. The third-order valence-corrected chi connectivity index (χ3v) is 2.61. The van der Waals surface area contributed by atoms with Crippen LogP contribution in [0.3, 0.4) is 0 Å². The van der Waals surface area contributed by atoms with Crippen LogP contribution in [0.15, 0.2) is 36.3 Å². The number of benzene rings is 1. The summed E-state index contributed by atoms with van der Waals surface area (Å²) in [5.41, 5.74) is 1.72. The van der Waals surface area contributed by atoms with Crippen molar-refractivity contribution in [2.75, 3.05) is 0 Å². The second-order valence-corrected chi connectivity index (χ2v) is 4.67. The molecule has 78 valence electrons. The maximum atomic E-state index is 10.7. The van der Waals surface area contributed by atoms with Crippen molar-refractivity contribution < 1.29 is 14.4 Å². The minimum Gasteiger partial charge on any atom is -0.361 e. The van der Waals surface area contributed by atoms with E-state index in [0.29, 0.717) is 0 Å². The number of H-pyrrole nitrogens is 1. The Morgan fingerprint density at radius 2 is 2.00 bits per heavy atom. The largest absolute Gasteiger partial charge is 0.361 e. The summed E-state index contributed by atoms with van der Waals surface area (Å²) in [6.07, 6.45) is 3.15. The van der Waals surface area contributed by atoms with Gasteiger partial charge in [0.25, 0.3) is 0 Å². The van der Waals surface area contributed by atoms with Crippen molar-refractivity contribution in [3.63, 3.8) is 0 Å². The molecule has 0 unspecified atom stereocenters. The number of nitrogens with one attached hydrogen (secondary N) is 1. The first-order valence-electron chi connectivity index (χ1n) is 4.37. The highest BCUT2D eigenvalue weighted by Gasteiger charge is 2.06. The average Bonchev–Trinajstić information content (AvgIpc) is 2.57. The van der Waals surface area contributed by atoms with Crippen LogP contribution in [0.1, 0.15) is 5.56 Å². The normalized spacial score (nSPS) is 12.7. The van der Waals surface area contributed by atoms with E-state index in [9.17, 15) is 4.57 Å². The number of hydrogen-bond donors (Lipinski definition) is 3. The number of rotatable bonds is 2. The number of para-hydroxylation sites is 1. The zero-order chi connectivity index (χ0) is 10.9. The van der Waals surface area contributed by atoms with Gasteiger partial charge in [-0.1, -0.05) is 18.2 Å². The van der Waals surface area contributed by atoms with Crippen LogP contribution in [0, 0.1) is 0 Å². The van der Waals surface area contributed by atoms with Crippen molar-refractivity contribution in [2.24, 2.45) is 0 Å². The van der Waals surface area contributed by atoms with Gasteiger partial charge in [-0.3, -0.25) is 4.57 Å². The Labute approximate surface area is 86.4 Å². The molecule has 0 spiro atoms. The molecule has 0 saturated carbocycles. The molecule has 0 fully saturated rings. The van der Waals surface area contributed by atoms with E-state index >= 15 is 0 Å². The Bertz CT molecular complexity index is 553. The molecule has 0 saturated heterocycles. The third-order valence-electron chi connectivity index (χ3n) is 2.07. The fraction of sp³-hybridized carbons (Fsp3) is 0.